The van der Waals surface area contributed by atoms with Gasteiger partial charge in [0.2, 0.25) is 0 Å². The van der Waals surface area contributed by atoms with Crippen LogP contribution < -0.4 is 11.2 Å². The zero-order valence-corrected chi connectivity index (χ0v) is 10.7. The zero-order chi connectivity index (χ0) is 12.4. The fourth-order valence-electron chi connectivity index (χ4n) is 2.55. The number of nitrogens with zero attached hydrogens (tertiary/aromatic N) is 1. The largest absolute Gasteiger partial charge is 0.329 e. The van der Waals surface area contributed by atoms with Crippen LogP contribution in [-0.2, 0) is 0 Å². The SMILES string of the molecule is CC1CCCC(n2c(=O)cc(Cl)[nH]c2=O)CC1. The number of nitrogens with one attached hydrogen (secondary N) is 1. The third-order valence-corrected chi connectivity index (χ3v) is 3.73. The van der Waals surface area contributed by atoms with E-state index in [1.165, 1.54) is 17.1 Å². The van der Waals surface area contributed by atoms with Crippen LogP contribution in [0.5, 0.6) is 0 Å². The highest BCUT2D eigenvalue weighted by Gasteiger charge is 2.20. The van der Waals surface area contributed by atoms with E-state index < -0.39 is 0 Å². The summed E-state index contributed by atoms with van der Waals surface area (Å²) < 4.78 is 1.32. The highest BCUT2D eigenvalue weighted by Crippen LogP contribution is 2.28. The Bertz CT molecular complexity index is 475. The van der Waals surface area contributed by atoms with Gasteiger partial charge in [0.15, 0.2) is 0 Å². The molecule has 2 rings (SSSR count). The Labute approximate surface area is 105 Å². The molecule has 4 nitrogen and oxygen atoms in total. The Morgan fingerprint density at radius 2 is 2.06 bits per heavy atom. The molecule has 1 saturated carbocycles. The van der Waals surface area contributed by atoms with Gasteiger partial charge >= 0.3 is 5.69 Å². The highest BCUT2D eigenvalue weighted by molar-refractivity contribution is 6.29. The molecule has 0 aliphatic heterocycles. The van der Waals surface area contributed by atoms with Crippen LogP contribution in [0.25, 0.3) is 0 Å². The van der Waals surface area contributed by atoms with Crippen molar-refractivity contribution < 1.29 is 0 Å². The second-order valence-corrected chi connectivity index (χ2v) is 5.31. The third-order valence-electron chi connectivity index (χ3n) is 3.52. The minimum atomic E-state index is -0.387. The van der Waals surface area contributed by atoms with Gasteiger partial charge in [0.05, 0.1) is 0 Å². The first-order valence-corrected chi connectivity index (χ1v) is 6.47. The molecule has 1 aromatic rings. The van der Waals surface area contributed by atoms with Crippen LogP contribution in [0.2, 0.25) is 5.15 Å². The van der Waals surface area contributed by atoms with Crippen LogP contribution in [0.4, 0.5) is 0 Å². The predicted molar refractivity (Wildman–Crippen MR) is 67.6 cm³/mol. The molecule has 0 spiro atoms. The zero-order valence-electron chi connectivity index (χ0n) is 9.91. The average Bonchev–Trinajstić information content (AvgIpc) is 2.42. The second-order valence-electron chi connectivity index (χ2n) is 4.90. The molecule has 2 unspecified atom stereocenters. The summed E-state index contributed by atoms with van der Waals surface area (Å²) in [6.45, 7) is 2.22. The number of H-pyrrole nitrogens is 1. The van der Waals surface area contributed by atoms with Gasteiger partial charge in [0.1, 0.15) is 5.15 Å². The van der Waals surface area contributed by atoms with Gasteiger partial charge in [0.25, 0.3) is 5.56 Å². The average molecular weight is 257 g/mol. The Hall–Kier alpha value is -1.03. The minimum absolute atomic E-state index is 0.0217. The van der Waals surface area contributed by atoms with E-state index in [9.17, 15) is 9.59 Å². The van der Waals surface area contributed by atoms with Crippen LogP contribution in [0.3, 0.4) is 0 Å². The van der Waals surface area contributed by atoms with Gasteiger partial charge in [-0.2, -0.15) is 0 Å². The number of rotatable bonds is 1. The molecular weight excluding hydrogens is 240 g/mol. The van der Waals surface area contributed by atoms with Crippen molar-refractivity contribution in [1.82, 2.24) is 9.55 Å². The van der Waals surface area contributed by atoms with Crippen LogP contribution in [0.1, 0.15) is 45.1 Å². The minimum Gasteiger partial charge on any atom is -0.298 e. The molecule has 1 aliphatic rings. The van der Waals surface area contributed by atoms with E-state index in [2.05, 4.69) is 11.9 Å². The van der Waals surface area contributed by atoms with E-state index in [1.54, 1.807) is 0 Å². The third kappa shape index (κ3) is 2.80. The normalized spacial score (nSPS) is 25.5. The summed E-state index contributed by atoms with van der Waals surface area (Å²) >= 11 is 5.65. The first-order chi connectivity index (χ1) is 8.08. The summed E-state index contributed by atoms with van der Waals surface area (Å²) in [5, 5.41) is 0.109. The summed E-state index contributed by atoms with van der Waals surface area (Å²) in [7, 11) is 0. The van der Waals surface area contributed by atoms with Gasteiger partial charge in [0, 0.05) is 12.1 Å². The lowest BCUT2D eigenvalue weighted by Gasteiger charge is -2.16. The van der Waals surface area contributed by atoms with Crippen molar-refractivity contribution >= 4 is 11.6 Å². The van der Waals surface area contributed by atoms with Crippen LogP contribution >= 0.6 is 11.6 Å². The van der Waals surface area contributed by atoms with Crippen molar-refractivity contribution in [1.29, 1.82) is 0 Å². The van der Waals surface area contributed by atoms with Crippen LogP contribution in [-0.4, -0.2) is 9.55 Å². The summed E-state index contributed by atoms with van der Waals surface area (Å²) in [5.41, 5.74) is -0.680. The molecule has 5 heteroatoms. The molecule has 1 heterocycles. The highest BCUT2D eigenvalue weighted by atomic mass is 35.5. The quantitative estimate of drug-likeness (QED) is 0.619. The maximum Gasteiger partial charge on any atom is 0.329 e. The molecule has 94 valence electrons. The van der Waals surface area contributed by atoms with Crippen molar-refractivity contribution in [2.45, 2.75) is 45.1 Å². The standard InChI is InChI=1S/C12H17ClN2O2/c1-8-3-2-4-9(6-5-8)15-11(16)7-10(13)14-12(15)17/h7-9H,2-6H2,1H3,(H,14,17). The Kier molecular flexibility index (Phi) is 3.72. The van der Waals surface area contributed by atoms with E-state index in [0.717, 1.165) is 25.7 Å². The fourth-order valence-corrected chi connectivity index (χ4v) is 2.72. The van der Waals surface area contributed by atoms with Gasteiger partial charge in [-0.05, 0) is 25.2 Å². The number of hydrogen-bond acceptors (Lipinski definition) is 2. The summed E-state index contributed by atoms with van der Waals surface area (Å²) in [6, 6.07) is 1.30. The van der Waals surface area contributed by atoms with E-state index in [0.29, 0.717) is 5.92 Å². The molecule has 0 aromatic carbocycles. The number of hydrogen-bond donors (Lipinski definition) is 1. The second kappa shape index (κ2) is 5.08. The summed E-state index contributed by atoms with van der Waals surface area (Å²) in [4.78, 5) is 26.1. The lowest BCUT2D eigenvalue weighted by Crippen LogP contribution is -2.37. The van der Waals surface area contributed by atoms with Gasteiger partial charge in [-0.15, -0.1) is 0 Å². The molecule has 2 atom stereocenters. The van der Waals surface area contributed by atoms with E-state index in [-0.39, 0.29) is 22.4 Å². The van der Waals surface area contributed by atoms with E-state index >= 15 is 0 Å². The fraction of sp³-hybridized carbons (Fsp3) is 0.667. The van der Waals surface area contributed by atoms with Gasteiger partial charge in [-0.25, -0.2) is 4.79 Å². The summed E-state index contributed by atoms with van der Waals surface area (Å²) in [5.74, 6) is 0.682. The molecule has 0 amide bonds. The van der Waals surface area contributed by atoms with Crippen molar-refractivity contribution in [3.8, 4) is 0 Å². The van der Waals surface area contributed by atoms with Crippen molar-refractivity contribution in [3.63, 3.8) is 0 Å². The van der Waals surface area contributed by atoms with E-state index in [4.69, 9.17) is 11.6 Å². The monoisotopic (exact) mass is 256 g/mol. The molecule has 1 aromatic heterocycles. The van der Waals surface area contributed by atoms with Crippen molar-refractivity contribution in [3.05, 3.63) is 32.1 Å². The predicted octanol–water partition coefficient (Wildman–Crippen LogP) is 2.33. The Morgan fingerprint density at radius 3 is 2.76 bits per heavy atom. The smallest absolute Gasteiger partial charge is 0.298 e. The molecule has 0 radical (unpaired) electrons. The van der Waals surface area contributed by atoms with Gasteiger partial charge < -0.3 is 0 Å². The molecule has 1 aliphatic carbocycles. The van der Waals surface area contributed by atoms with Crippen molar-refractivity contribution in [2.24, 2.45) is 5.92 Å². The van der Waals surface area contributed by atoms with E-state index in [1.807, 2.05) is 0 Å². The first-order valence-electron chi connectivity index (χ1n) is 6.09. The maximum atomic E-state index is 11.8. The Morgan fingerprint density at radius 1 is 1.29 bits per heavy atom. The van der Waals surface area contributed by atoms with Crippen molar-refractivity contribution in [2.75, 3.05) is 0 Å². The number of aromatic amines is 1. The van der Waals surface area contributed by atoms with Crippen LogP contribution in [0.15, 0.2) is 15.7 Å². The molecule has 17 heavy (non-hydrogen) atoms. The number of halogens is 1. The number of aromatic nitrogens is 2. The van der Waals surface area contributed by atoms with Crippen LogP contribution in [0, 0.1) is 5.92 Å². The molecule has 1 N–H and O–H groups in total. The van der Waals surface area contributed by atoms with Gasteiger partial charge in [-0.3, -0.25) is 14.3 Å². The topological polar surface area (TPSA) is 54.9 Å². The first kappa shape index (κ1) is 12.4. The molecule has 0 saturated heterocycles. The molecular formula is C12H17ClN2O2. The van der Waals surface area contributed by atoms with Gasteiger partial charge in [-0.1, -0.05) is 31.4 Å². The Balaban J connectivity index is 2.34. The molecule has 1 fully saturated rings. The summed E-state index contributed by atoms with van der Waals surface area (Å²) in [6.07, 6.45) is 5.11. The lowest BCUT2D eigenvalue weighted by atomic mass is 10.0. The molecule has 0 bridgehead atoms. The maximum absolute atomic E-state index is 11.8. The lowest BCUT2D eigenvalue weighted by molar-refractivity contribution is 0.407.